The average Bonchev–Trinajstić information content (AvgIpc) is 2.28. The van der Waals surface area contributed by atoms with Crippen molar-refractivity contribution in [3.63, 3.8) is 0 Å². The van der Waals surface area contributed by atoms with Crippen LogP contribution in [0.5, 0.6) is 0 Å². The van der Waals surface area contributed by atoms with E-state index in [4.69, 9.17) is 23.3 Å². The second-order valence-electron chi connectivity index (χ2n) is 2.95. The van der Waals surface area contributed by atoms with Gasteiger partial charge in [-0.2, -0.15) is 0 Å². The van der Waals surface area contributed by atoms with Gasteiger partial charge in [-0.05, 0) is 0 Å². The van der Waals surface area contributed by atoms with Crippen LogP contribution in [0.2, 0.25) is 0 Å². The van der Waals surface area contributed by atoms with E-state index < -0.39 is 21.5 Å². The third kappa shape index (κ3) is 7.79. The van der Waals surface area contributed by atoms with Gasteiger partial charge in [-0.15, -0.1) is 0 Å². The molecule has 0 bridgehead atoms. The molecule has 0 aliphatic rings. The van der Waals surface area contributed by atoms with Gasteiger partial charge in [-0.1, -0.05) is 0 Å². The predicted molar refractivity (Wildman–Crippen MR) is 58.4 cm³/mol. The van der Waals surface area contributed by atoms with Crippen LogP contribution in [0.3, 0.4) is 0 Å². The van der Waals surface area contributed by atoms with Gasteiger partial charge >= 0.3 is 106 Å². The van der Waals surface area contributed by atoms with Crippen molar-refractivity contribution in [2.24, 2.45) is 0 Å². The van der Waals surface area contributed by atoms with Crippen molar-refractivity contribution in [3.8, 4) is 0 Å². The van der Waals surface area contributed by atoms with Crippen molar-refractivity contribution in [1.29, 1.82) is 0 Å². The molecule has 0 rings (SSSR count). The first-order valence-corrected chi connectivity index (χ1v) is 8.05. The molecule has 0 aliphatic carbocycles. The summed E-state index contributed by atoms with van der Waals surface area (Å²) in [7, 11) is 4.67. The summed E-state index contributed by atoms with van der Waals surface area (Å²) in [4.78, 5) is 0. The third-order valence-electron chi connectivity index (χ3n) is 1.70. The monoisotopic (exact) mass is 346 g/mol. The number of rotatable bonds is 9. The Balaban J connectivity index is 4.15. The van der Waals surface area contributed by atoms with E-state index in [0.717, 1.165) is 0 Å². The van der Waals surface area contributed by atoms with Crippen molar-refractivity contribution in [2.45, 2.75) is 39.6 Å². The molecule has 0 aliphatic heterocycles. The summed E-state index contributed by atoms with van der Waals surface area (Å²) in [5.41, 5.74) is 0. The molecular formula is C9H21O6Sb. The molecule has 0 aromatic carbocycles. The van der Waals surface area contributed by atoms with E-state index in [1.807, 2.05) is 0 Å². The van der Waals surface area contributed by atoms with Crippen LogP contribution in [-0.2, 0) is 23.3 Å². The number of hydrogen-bond donors (Lipinski definition) is 0. The Bertz CT molecular complexity index is 142. The Morgan fingerprint density at radius 3 is 1.06 bits per heavy atom. The van der Waals surface area contributed by atoms with Crippen LogP contribution in [0.25, 0.3) is 0 Å². The zero-order valence-corrected chi connectivity index (χ0v) is 13.2. The van der Waals surface area contributed by atoms with E-state index >= 15 is 0 Å². The van der Waals surface area contributed by atoms with Gasteiger partial charge in [0.1, 0.15) is 0 Å². The van der Waals surface area contributed by atoms with Crippen molar-refractivity contribution in [2.75, 3.05) is 21.3 Å². The second kappa shape index (κ2) is 9.59. The molecule has 0 amide bonds. The first-order valence-electron chi connectivity index (χ1n) is 4.92. The zero-order valence-electron chi connectivity index (χ0n) is 10.6. The summed E-state index contributed by atoms with van der Waals surface area (Å²) in [5.74, 6) is 0. The van der Waals surface area contributed by atoms with E-state index in [0.29, 0.717) is 0 Å². The molecule has 0 aromatic heterocycles. The quantitative estimate of drug-likeness (QED) is 0.458. The fourth-order valence-electron chi connectivity index (χ4n) is 0.567. The molecule has 6 nitrogen and oxygen atoms in total. The van der Waals surface area contributed by atoms with Crippen LogP contribution < -0.4 is 0 Å². The summed E-state index contributed by atoms with van der Waals surface area (Å²) < 4.78 is 31.5. The fourth-order valence-corrected chi connectivity index (χ4v) is 3.81. The Morgan fingerprint density at radius 2 is 0.875 bits per heavy atom. The van der Waals surface area contributed by atoms with Gasteiger partial charge in [-0.3, -0.25) is 0 Å². The van der Waals surface area contributed by atoms with E-state index in [9.17, 15) is 0 Å². The normalized spacial score (nSPS) is 17.4. The SMILES string of the molecule is COC(C)[O][Sb]([O]C(C)OC)[O]C(C)OC. The first-order chi connectivity index (χ1) is 7.53. The van der Waals surface area contributed by atoms with E-state index in [-0.39, 0.29) is 18.9 Å². The molecule has 0 heterocycles. The zero-order chi connectivity index (χ0) is 12.6. The topological polar surface area (TPSA) is 55.4 Å². The van der Waals surface area contributed by atoms with Crippen LogP contribution in [0.15, 0.2) is 0 Å². The Morgan fingerprint density at radius 1 is 0.625 bits per heavy atom. The molecule has 98 valence electrons. The van der Waals surface area contributed by atoms with Crippen molar-refractivity contribution >= 4 is 21.5 Å². The van der Waals surface area contributed by atoms with Gasteiger partial charge in [0.25, 0.3) is 0 Å². The van der Waals surface area contributed by atoms with Gasteiger partial charge in [0, 0.05) is 0 Å². The second-order valence-corrected chi connectivity index (χ2v) is 6.03. The molecule has 16 heavy (non-hydrogen) atoms. The Kier molecular flexibility index (Phi) is 9.94. The van der Waals surface area contributed by atoms with Crippen LogP contribution in [0.4, 0.5) is 0 Å². The third-order valence-corrected chi connectivity index (χ3v) is 5.72. The van der Waals surface area contributed by atoms with Crippen LogP contribution in [0, 0.1) is 0 Å². The molecule has 3 unspecified atom stereocenters. The van der Waals surface area contributed by atoms with Crippen molar-refractivity contribution in [1.82, 2.24) is 0 Å². The molecule has 0 spiro atoms. The van der Waals surface area contributed by atoms with E-state index in [1.54, 1.807) is 42.1 Å². The maximum atomic E-state index is 5.50. The fraction of sp³-hybridized carbons (Fsp3) is 1.00. The molecule has 0 N–H and O–H groups in total. The van der Waals surface area contributed by atoms with Gasteiger partial charge in [-0.25, -0.2) is 0 Å². The summed E-state index contributed by atoms with van der Waals surface area (Å²) in [6.45, 7) is 5.33. The molecule has 7 heteroatoms. The van der Waals surface area contributed by atoms with Crippen molar-refractivity contribution in [3.05, 3.63) is 0 Å². The summed E-state index contributed by atoms with van der Waals surface area (Å²) >= 11 is -2.79. The van der Waals surface area contributed by atoms with Gasteiger partial charge in [0.2, 0.25) is 0 Å². The summed E-state index contributed by atoms with van der Waals surface area (Å²) in [5, 5.41) is 0. The molecule has 0 radical (unpaired) electrons. The Labute approximate surface area is 106 Å². The summed E-state index contributed by atoms with van der Waals surface area (Å²) in [6.07, 6.45) is -1.09. The van der Waals surface area contributed by atoms with Crippen molar-refractivity contribution < 1.29 is 23.3 Å². The summed E-state index contributed by atoms with van der Waals surface area (Å²) in [6, 6.07) is 0. The average molecular weight is 347 g/mol. The molecule has 0 saturated heterocycles. The van der Waals surface area contributed by atoms with E-state index in [2.05, 4.69) is 0 Å². The molecule has 0 aromatic rings. The molecular weight excluding hydrogens is 326 g/mol. The van der Waals surface area contributed by atoms with Gasteiger partial charge in [0.15, 0.2) is 0 Å². The van der Waals surface area contributed by atoms with E-state index in [1.165, 1.54) is 0 Å². The van der Waals surface area contributed by atoms with Gasteiger partial charge in [0.05, 0.1) is 0 Å². The molecule has 3 atom stereocenters. The minimum absolute atomic E-state index is 0.365. The standard InChI is InChI=1S/3C3H7O2.Sb/c3*1-3(4)5-2;/h3*3H,1-2H3;/q3*-1;+3. The van der Waals surface area contributed by atoms with Crippen LogP contribution in [0.1, 0.15) is 20.8 Å². The van der Waals surface area contributed by atoms with Gasteiger partial charge < -0.3 is 0 Å². The molecule has 0 saturated carbocycles. The Hall–Kier alpha value is 0.578. The predicted octanol–water partition coefficient (Wildman–Crippen LogP) is 0.998. The first kappa shape index (κ1) is 16.6. The van der Waals surface area contributed by atoms with Crippen LogP contribution >= 0.6 is 0 Å². The molecule has 0 fully saturated rings. The number of methoxy groups -OCH3 is 3. The van der Waals surface area contributed by atoms with Crippen LogP contribution in [-0.4, -0.2) is 61.7 Å². The maximum absolute atomic E-state index is 5.50. The minimum atomic E-state index is -2.79. The number of ether oxygens (including phenoxy) is 3. The number of hydrogen-bond acceptors (Lipinski definition) is 6.